The van der Waals surface area contributed by atoms with E-state index in [0.717, 1.165) is 6.07 Å². The van der Waals surface area contributed by atoms with Crippen molar-refractivity contribution < 1.29 is 55.2 Å². The minimum Gasteiger partial charge on any atom is -0.453 e. The number of aromatic nitrogens is 5. The zero-order chi connectivity index (χ0) is 32.1. The van der Waals surface area contributed by atoms with Crippen LogP contribution in [0.25, 0.3) is 33.7 Å². The first-order valence-electron chi connectivity index (χ1n) is 12.6. The Morgan fingerprint density at radius 2 is 1.78 bits per heavy atom. The molecule has 0 spiro atoms. The van der Waals surface area contributed by atoms with E-state index in [4.69, 9.17) is 23.9 Å². The van der Waals surface area contributed by atoms with Gasteiger partial charge in [0.2, 0.25) is 5.95 Å². The van der Waals surface area contributed by atoms with Gasteiger partial charge in [0.1, 0.15) is 23.2 Å². The third-order valence-electron chi connectivity index (χ3n) is 6.23. The molecule has 1 aliphatic carbocycles. The Kier molecular flexibility index (Phi) is 7.99. The van der Waals surface area contributed by atoms with E-state index in [-0.39, 0.29) is 51.6 Å². The number of nitrogens with zero attached hydrogens (tertiary/aromatic N) is 4. The highest BCUT2D eigenvalue weighted by molar-refractivity contribution is 7.67. The summed E-state index contributed by atoms with van der Waals surface area (Å²) in [6.07, 6.45) is 0.390. The van der Waals surface area contributed by atoms with Crippen LogP contribution in [-0.4, -0.2) is 51.9 Å². The second kappa shape index (κ2) is 11.5. The third kappa shape index (κ3) is 7.05. The average Bonchev–Trinajstić information content (AvgIpc) is 3.56. The molecule has 3 aromatic rings. The van der Waals surface area contributed by atoms with Gasteiger partial charge in [0.25, 0.3) is 5.56 Å². The number of hydrogen-bond donors (Lipinski definition) is 5. The van der Waals surface area contributed by atoms with Gasteiger partial charge in [-0.1, -0.05) is 0 Å². The smallest absolute Gasteiger partial charge is 0.453 e. The fraction of sp³-hybridized carbons (Fsp3) is 0.227. The van der Waals surface area contributed by atoms with Crippen molar-refractivity contribution in [1.29, 1.82) is 0 Å². The number of benzene rings is 2. The van der Waals surface area contributed by atoms with E-state index in [2.05, 4.69) is 28.6 Å². The number of fused-ring (bicyclic) bond motifs is 3. The molecule has 6 N–H and O–H groups in total. The summed E-state index contributed by atoms with van der Waals surface area (Å²) in [5.74, 6) is -0.409. The van der Waals surface area contributed by atoms with E-state index in [0.29, 0.717) is 12.1 Å². The van der Waals surface area contributed by atoms with Gasteiger partial charge in [0, 0.05) is 12.1 Å². The van der Waals surface area contributed by atoms with E-state index in [1.54, 1.807) is 0 Å². The van der Waals surface area contributed by atoms with Crippen molar-refractivity contribution >= 4 is 51.7 Å². The zero-order valence-electron chi connectivity index (χ0n) is 22.4. The number of H-pyrrole nitrogens is 1. The highest BCUT2D eigenvalue weighted by Crippen LogP contribution is 2.67. The van der Waals surface area contributed by atoms with Gasteiger partial charge in [-0.15, -0.1) is 0 Å². The van der Waals surface area contributed by atoms with Gasteiger partial charge in [-0.05, 0) is 37.1 Å². The minimum absolute atomic E-state index is 0.0183. The predicted molar refractivity (Wildman–Crippen MR) is 151 cm³/mol. The van der Waals surface area contributed by atoms with E-state index < -0.39 is 48.0 Å². The second-order valence-corrected chi connectivity index (χ2v) is 14.1. The molecule has 0 saturated carbocycles. The molecule has 6 rings (SSSR count). The van der Waals surface area contributed by atoms with Crippen molar-refractivity contribution in [2.75, 3.05) is 12.3 Å². The van der Waals surface area contributed by atoms with Crippen LogP contribution in [0, 0.1) is 0 Å². The molecule has 23 heteroatoms. The first-order chi connectivity index (χ1) is 21.2. The average molecular weight is 686 g/mol. The molecule has 45 heavy (non-hydrogen) atoms. The zero-order valence-corrected chi connectivity index (χ0v) is 25.0. The van der Waals surface area contributed by atoms with Crippen molar-refractivity contribution in [3.63, 3.8) is 0 Å². The van der Waals surface area contributed by atoms with E-state index >= 15 is 0 Å². The lowest BCUT2D eigenvalue weighted by Gasteiger charge is -2.20. The summed E-state index contributed by atoms with van der Waals surface area (Å²) in [4.78, 5) is 68.2. The summed E-state index contributed by atoms with van der Waals surface area (Å²) in [7, 11) is -16.6. The SMILES string of the molecule is Nc1nc2c(ncn2C2CCC(COP(=O)(O)OP(=O)(O)OP(=O)(O)Oc3ccc4nc5ccc(=O)cc-5oc4c3)O2)c(=O)[nH]1. The van der Waals surface area contributed by atoms with Gasteiger partial charge in [-0.25, -0.2) is 23.7 Å². The molecule has 1 fully saturated rings. The largest absolute Gasteiger partial charge is 0.536 e. The van der Waals surface area contributed by atoms with Crippen molar-refractivity contribution in [1.82, 2.24) is 24.5 Å². The Morgan fingerprint density at radius 1 is 1.00 bits per heavy atom. The summed E-state index contributed by atoms with van der Waals surface area (Å²) in [6, 6.07) is 7.52. The first-order valence-corrected chi connectivity index (χ1v) is 17.1. The second-order valence-electron chi connectivity index (χ2n) is 9.49. The number of ether oxygens (including phenoxy) is 1. The number of aromatic amines is 1. The molecular formula is C22H21N6O14P3. The number of nitrogens with one attached hydrogen (secondary N) is 1. The molecule has 2 aromatic heterocycles. The minimum atomic E-state index is -5.76. The fourth-order valence-electron chi connectivity index (χ4n) is 4.44. The van der Waals surface area contributed by atoms with Gasteiger partial charge >= 0.3 is 23.5 Å². The summed E-state index contributed by atoms with van der Waals surface area (Å²) in [5, 5.41) is 0. The molecule has 1 aromatic carbocycles. The topological polar surface area (TPSA) is 291 Å². The van der Waals surface area contributed by atoms with Crippen molar-refractivity contribution in [3.8, 4) is 17.2 Å². The maximum Gasteiger partial charge on any atom is 0.536 e. The van der Waals surface area contributed by atoms with Crippen molar-refractivity contribution in [2.45, 2.75) is 25.2 Å². The lowest BCUT2D eigenvalue weighted by molar-refractivity contribution is -0.0205. The molecular weight excluding hydrogens is 665 g/mol. The fourth-order valence-corrected chi connectivity index (χ4v) is 7.97. The lowest BCUT2D eigenvalue weighted by atomic mass is 10.2. The Bertz CT molecular complexity index is 2170. The summed E-state index contributed by atoms with van der Waals surface area (Å²) < 4.78 is 67.8. The van der Waals surface area contributed by atoms with Crippen LogP contribution in [0.4, 0.5) is 5.95 Å². The molecule has 5 atom stereocenters. The summed E-state index contributed by atoms with van der Waals surface area (Å²) in [5.41, 5.74) is 5.53. The molecule has 0 radical (unpaired) electrons. The molecule has 1 saturated heterocycles. The van der Waals surface area contributed by atoms with Crippen LogP contribution >= 0.6 is 23.5 Å². The Balaban J connectivity index is 1.06. The van der Waals surface area contributed by atoms with Gasteiger partial charge in [-0.2, -0.15) is 13.6 Å². The van der Waals surface area contributed by atoms with E-state index in [1.165, 1.54) is 41.2 Å². The Morgan fingerprint density at radius 3 is 2.58 bits per heavy atom. The van der Waals surface area contributed by atoms with Crippen molar-refractivity contribution in [3.05, 3.63) is 63.3 Å². The van der Waals surface area contributed by atoms with Gasteiger partial charge < -0.3 is 29.2 Å². The van der Waals surface area contributed by atoms with Crippen molar-refractivity contribution in [2.24, 2.45) is 0 Å². The molecule has 3 aliphatic rings. The predicted octanol–water partition coefficient (Wildman–Crippen LogP) is 2.42. The van der Waals surface area contributed by atoms with Crippen LogP contribution in [0.2, 0.25) is 0 Å². The maximum absolute atomic E-state index is 12.5. The summed E-state index contributed by atoms with van der Waals surface area (Å²) in [6.45, 7) is -0.614. The molecule has 0 amide bonds. The number of imidazole rings is 1. The van der Waals surface area contributed by atoms with Crippen LogP contribution in [0.15, 0.2) is 56.7 Å². The quantitative estimate of drug-likeness (QED) is 0.104. The highest BCUT2D eigenvalue weighted by atomic mass is 31.3. The van der Waals surface area contributed by atoms with E-state index in [9.17, 15) is 38.0 Å². The summed E-state index contributed by atoms with van der Waals surface area (Å²) >= 11 is 0. The Hall–Kier alpha value is -3.80. The van der Waals surface area contributed by atoms with Crippen LogP contribution in [0.5, 0.6) is 5.75 Å². The number of anilines is 1. The molecule has 4 heterocycles. The van der Waals surface area contributed by atoms with Crippen LogP contribution in [-0.2, 0) is 31.6 Å². The monoisotopic (exact) mass is 686 g/mol. The molecule has 2 aliphatic heterocycles. The van der Waals surface area contributed by atoms with Crippen LogP contribution < -0.4 is 21.2 Å². The number of rotatable bonds is 10. The Labute approximate surface area is 249 Å². The number of hydrogen-bond acceptors (Lipinski definition) is 15. The van der Waals surface area contributed by atoms with Crippen LogP contribution in [0.3, 0.4) is 0 Å². The number of nitrogens with two attached hydrogens (primary N) is 1. The van der Waals surface area contributed by atoms with Crippen LogP contribution in [0.1, 0.15) is 19.1 Å². The standard InChI is InChI=1S/C22H21N6O14P3/c23-22-26-20-19(21(30)27-22)24-10-28(20)18-6-3-13(38-18)9-37-43(31,32)41-45(35,36)42-44(33,34)40-12-2-5-15-17(8-12)39-16-7-11(29)1-4-14(16)25-15/h1-2,4-5,7-8,10,13,18H,3,6,9H2,(H,31,32)(H,33,34)(H,35,36)(H3,23,26,27,30). The van der Waals surface area contributed by atoms with Gasteiger partial charge in [-0.3, -0.25) is 28.6 Å². The number of phosphoric ester groups is 2. The third-order valence-corrected chi connectivity index (χ3v) is 10.4. The first kappa shape index (κ1) is 31.2. The molecule has 20 nitrogen and oxygen atoms in total. The normalized spacial score (nSPS) is 21.0. The van der Waals surface area contributed by atoms with Gasteiger partial charge in [0.15, 0.2) is 27.9 Å². The van der Waals surface area contributed by atoms with Gasteiger partial charge in [0.05, 0.1) is 19.0 Å². The highest BCUT2D eigenvalue weighted by Gasteiger charge is 2.43. The molecule has 238 valence electrons. The number of phosphoric acid groups is 3. The lowest BCUT2D eigenvalue weighted by Crippen LogP contribution is -2.17. The molecule has 0 bridgehead atoms. The number of nitrogen functional groups attached to an aromatic ring is 1. The van der Waals surface area contributed by atoms with E-state index in [1.807, 2.05) is 0 Å². The molecule has 5 unspecified atom stereocenters. The maximum atomic E-state index is 12.5.